The average Bonchev–Trinajstić information content (AvgIpc) is 2.64. The first-order valence-corrected chi connectivity index (χ1v) is 10.4. The lowest BCUT2D eigenvalue weighted by Crippen LogP contribution is -2.46. The molecule has 138 valence electrons. The fraction of sp³-hybridized carbons (Fsp3) is 0.950. The number of piperidine rings is 3. The van der Waals surface area contributed by atoms with Gasteiger partial charge < -0.3 is 14.7 Å². The van der Waals surface area contributed by atoms with Crippen molar-refractivity contribution in [3.05, 3.63) is 0 Å². The summed E-state index contributed by atoms with van der Waals surface area (Å²) >= 11 is 0. The predicted molar refractivity (Wildman–Crippen MR) is 99.0 cm³/mol. The van der Waals surface area contributed by atoms with E-state index in [4.69, 9.17) is 0 Å². The third-order valence-electron chi connectivity index (χ3n) is 6.79. The molecule has 0 bridgehead atoms. The summed E-state index contributed by atoms with van der Waals surface area (Å²) in [5.74, 6) is 2.49. The molecule has 3 aliphatic rings. The lowest BCUT2D eigenvalue weighted by molar-refractivity contribution is -0.138. The Kier molecular flexibility index (Phi) is 6.56. The zero-order valence-corrected chi connectivity index (χ0v) is 15.9. The lowest BCUT2D eigenvalue weighted by atomic mass is 9.90. The van der Waals surface area contributed by atoms with Gasteiger partial charge in [0.15, 0.2) is 0 Å². The molecule has 0 aliphatic carbocycles. The van der Waals surface area contributed by atoms with Crippen LogP contribution in [-0.4, -0.2) is 73.5 Å². The van der Waals surface area contributed by atoms with Crippen molar-refractivity contribution in [2.45, 2.75) is 51.9 Å². The average molecular weight is 336 g/mol. The highest BCUT2D eigenvalue weighted by Gasteiger charge is 2.31. The number of likely N-dealkylation sites (tertiary alicyclic amines) is 3. The maximum atomic E-state index is 12.8. The van der Waals surface area contributed by atoms with Gasteiger partial charge in [0.2, 0.25) is 5.91 Å². The third kappa shape index (κ3) is 4.72. The van der Waals surface area contributed by atoms with Crippen molar-refractivity contribution in [3.8, 4) is 0 Å². The largest absolute Gasteiger partial charge is 0.342 e. The van der Waals surface area contributed by atoms with E-state index in [9.17, 15) is 4.79 Å². The van der Waals surface area contributed by atoms with Gasteiger partial charge in [-0.05, 0) is 83.6 Å². The number of hydrogen-bond acceptors (Lipinski definition) is 3. The van der Waals surface area contributed by atoms with Crippen LogP contribution in [0.4, 0.5) is 0 Å². The van der Waals surface area contributed by atoms with Gasteiger partial charge in [0.1, 0.15) is 0 Å². The van der Waals surface area contributed by atoms with E-state index in [1.54, 1.807) is 0 Å². The van der Waals surface area contributed by atoms with E-state index in [1.807, 2.05) is 0 Å². The van der Waals surface area contributed by atoms with Crippen molar-refractivity contribution >= 4 is 5.91 Å². The van der Waals surface area contributed by atoms with Gasteiger partial charge in [0.05, 0.1) is 0 Å². The first kappa shape index (κ1) is 18.2. The van der Waals surface area contributed by atoms with Crippen LogP contribution in [-0.2, 0) is 4.79 Å². The molecule has 0 N–H and O–H groups in total. The van der Waals surface area contributed by atoms with Gasteiger partial charge in [0.25, 0.3) is 0 Å². The van der Waals surface area contributed by atoms with Gasteiger partial charge in [-0.25, -0.2) is 0 Å². The van der Waals surface area contributed by atoms with Crippen LogP contribution in [0.3, 0.4) is 0 Å². The van der Waals surface area contributed by atoms with E-state index in [-0.39, 0.29) is 0 Å². The van der Waals surface area contributed by atoms with Crippen molar-refractivity contribution < 1.29 is 4.79 Å². The van der Waals surface area contributed by atoms with Crippen molar-refractivity contribution in [3.63, 3.8) is 0 Å². The highest BCUT2D eigenvalue weighted by atomic mass is 16.2. The third-order valence-corrected chi connectivity index (χ3v) is 6.79. The minimum absolute atomic E-state index is 0.303. The second-order valence-electron chi connectivity index (χ2n) is 8.50. The van der Waals surface area contributed by atoms with Crippen molar-refractivity contribution in [1.82, 2.24) is 14.7 Å². The minimum Gasteiger partial charge on any atom is -0.342 e. The quantitative estimate of drug-likeness (QED) is 0.790. The van der Waals surface area contributed by atoms with Crippen LogP contribution in [0.25, 0.3) is 0 Å². The number of nitrogens with zero attached hydrogens (tertiary/aromatic N) is 3. The molecule has 3 aliphatic heterocycles. The SMILES string of the molecule is CCC1CCN(C(=O)C2CCN(CC3CCN(C)CC3)CC2)CC1. The Hall–Kier alpha value is -0.610. The van der Waals surface area contributed by atoms with Crippen molar-refractivity contribution in [1.29, 1.82) is 0 Å². The summed E-state index contributed by atoms with van der Waals surface area (Å²) in [6, 6.07) is 0. The van der Waals surface area contributed by atoms with E-state index in [1.165, 1.54) is 51.7 Å². The monoisotopic (exact) mass is 335 g/mol. The first-order valence-electron chi connectivity index (χ1n) is 10.4. The number of rotatable bonds is 4. The second-order valence-corrected chi connectivity index (χ2v) is 8.50. The summed E-state index contributed by atoms with van der Waals surface area (Å²) in [7, 11) is 2.23. The molecule has 0 aromatic rings. The second kappa shape index (κ2) is 8.66. The summed E-state index contributed by atoms with van der Waals surface area (Å²) in [5.41, 5.74) is 0. The Labute approximate surface area is 148 Å². The minimum atomic E-state index is 0.303. The molecule has 3 saturated heterocycles. The molecule has 0 unspecified atom stereocenters. The molecule has 0 radical (unpaired) electrons. The molecule has 24 heavy (non-hydrogen) atoms. The fourth-order valence-corrected chi connectivity index (χ4v) is 4.79. The fourth-order valence-electron chi connectivity index (χ4n) is 4.79. The smallest absolute Gasteiger partial charge is 0.225 e. The molecule has 3 rings (SSSR count). The zero-order chi connectivity index (χ0) is 16.9. The lowest BCUT2D eigenvalue weighted by Gasteiger charge is -2.39. The zero-order valence-electron chi connectivity index (χ0n) is 15.9. The molecule has 4 heteroatoms. The topological polar surface area (TPSA) is 26.8 Å². The molecule has 4 nitrogen and oxygen atoms in total. The molecule has 0 spiro atoms. The van der Waals surface area contributed by atoms with Gasteiger partial charge >= 0.3 is 0 Å². The van der Waals surface area contributed by atoms with Gasteiger partial charge in [-0.1, -0.05) is 13.3 Å². The number of carbonyl (C=O) groups excluding carboxylic acids is 1. The van der Waals surface area contributed by atoms with Crippen molar-refractivity contribution in [2.75, 3.05) is 52.9 Å². The molecule has 0 aromatic heterocycles. The van der Waals surface area contributed by atoms with E-state index in [2.05, 4.69) is 28.7 Å². The Morgan fingerprint density at radius 2 is 1.42 bits per heavy atom. The van der Waals surface area contributed by atoms with Crippen LogP contribution in [0.2, 0.25) is 0 Å². The normalized spacial score (nSPS) is 26.8. The maximum absolute atomic E-state index is 12.8. The van der Waals surface area contributed by atoms with E-state index < -0.39 is 0 Å². The summed E-state index contributed by atoms with van der Waals surface area (Å²) in [6.45, 7) is 10.3. The maximum Gasteiger partial charge on any atom is 0.225 e. The van der Waals surface area contributed by atoms with Gasteiger partial charge in [0, 0.05) is 25.6 Å². The molecule has 1 amide bonds. The standard InChI is InChI=1S/C20H37N3O/c1-3-17-6-14-23(15-7-17)20(24)19-8-12-22(13-9-19)16-18-4-10-21(2)11-5-18/h17-19H,3-16H2,1-2H3. The van der Waals surface area contributed by atoms with Gasteiger partial charge in [-0.3, -0.25) is 4.79 Å². The number of amides is 1. The molecule has 3 heterocycles. The Balaban J connectivity index is 1.38. The molecule has 0 aromatic carbocycles. The summed E-state index contributed by atoms with van der Waals surface area (Å²) in [5, 5.41) is 0. The highest BCUT2D eigenvalue weighted by Crippen LogP contribution is 2.26. The molecule has 0 atom stereocenters. The molecular weight excluding hydrogens is 298 g/mol. The van der Waals surface area contributed by atoms with Crippen molar-refractivity contribution in [2.24, 2.45) is 17.8 Å². The van der Waals surface area contributed by atoms with Crippen LogP contribution in [0, 0.1) is 17.8 Å². The van der Waals surface area contributed by atoms with Crippen LogP contribution < -0.4 is 0 Å². The molecule has 3 fully saturated rings. The first-order chi connectivity index (χ1) is 11.7. The summed E-state index contributed by atoms with van der Waals surface area (Å²) in [4.78, 5) is 20.0. The van der Waals surface area contributed by atoms with Crippen LogP contribution in [0.1, 0.15) is 51.9 Å². The van der Waals surface area contributed by atoms with Gasteiger partial charge in [-0.2, -0.15) is 0 Å². The Morgan fingerprint density at radius 3 is 2.00 bits per heavy atom. The molecular formula is C20H37N3O. The Morgan fingerprint density at radius 1 is 0.833 bits per heavy atom. The van der Waals surface area contributed by atoms with Crippen LogP contribution in [0.15, 0.2) is 0 Å². The number of hydrogen-bond donors (Lipinski definition) is 0. The summed E-state index contributed by atoms with van der Waals surface area (Å²) < 4.78 is 0. The molecule has 0 saturated carbocycles. The van der Waals surface area contributed by atoms with Gasteiger partial charge in [-0.15, -0.1) is 0 Å². The number of carbonyl (C=O) groups is 1. The van der Waals surface area contributed by atoms with E-state index >= 15 is 0 Å². The predicted octanol–water partition coefficient (Wildman–Crippen LogP) is 2.69. The van der Waals surface area contributed by atoms with Crippen LogP contribution >= 0.6 is 0 Å². The highest BCUT2D eigenvalue weighted by molar-refractivity contribution is 5.79. The van der Waals surface area contributed by atoms with E-state index in [0.717, 1.165) is 50.9 Å². The van der Waals surface area contributed by atoms with Crippen LogP contribution in [0.5, 0.6) is 0 Å². The Bertz CT molecular complexity index is 390. The summed E-state index contributed by atoms with van der Waals surface area (Å²) in [6.07, 6.45) is 8.58. The van der Waals surface area contributed by atoms with E-state index in [0.29, 0.717) is 11.8 Å².